The molecule has 1 aliphatic rings. The van der Waals surface area contributed by atoms with Crippen LogP contribution in [0.1, 0.15) is 18.4 Å². The summed E-state index contributed by atoms with van der Waals surface area (Å²) in [5, 5.41) is 0. The van der Waals surface area contributed by atoms with E-state index in [2.05, 4.69) is 15.0 Å². The molecule has 3 aromatic rings. The molecule has 0 spiro atoms. The number of rotatable bonds is 4. The van der Waals surface area contributed by atoms with E-state index >= 15 is 0 Å². The van der Waals surface area contributed by atoms with E-state index in [9.17, 15) is 13.6 Å². The van der Waals surface area contributed by atoms with Gasteiger partial charge < -0.3 is 4.98 Å². The lowest BCUT2D eigenvalue weighted by molar-refractivity contribution is -0.0566. The molecule has 0 atom stereocenters. The van der Waals surface area contributed by atoms with Gasteiger partial charge in [0.15, 0.2) is 0 Å². The van der Waals surface area contributed by atoms with Gasteiger partial charge in [0.1, 0.15) is 5.82 Å². The summed E-state index contributed by atoms with van der Waals surface area (Å²) in [6.45, 7) is 1.35. The van der Waals surface area contributed by atoms with Crippen LogP contribution in [-0.2, 0) is 6.54 Å². The Labute approximate surface area is 161 Å². The normalized spacial score (nSPS) is 16.8. The van der Waals surface area contributed by atoms with Gasteiger partial charge in [0.25, 0.3) is 11.5 Å². The molecule has 144 valence electrons. The van der Waals surface area contributed by atoms with Gasteiger partial charge in [0.2, 0.25) is 0 Å². The zero-order valence-corrected chi connectivity index (χ0v) is 15.2. The van der Waals surface area contributed by atoms with E-state index in [1.54, 1.807) is 24.5 Å². The molecule has 2 aromatic heterocycles. The summed E-state index contributed by atoms with van der Waals surface area (Å²) < 4.78 is 26.7. The largest absolute Gasteiger partial charge is 0.306 e. The number of nitrogens with zero attached hydrogens (tertiary/aromatic N) is 3. The molecule has 1 N–H and O–H groups in total. The third-order valence-electron chi connectivity index (χ3n) is 4.91. The predicted octanol–water partition coefficient (Wildman–Crippen LogP) is 3.73. The highest BCUT2D eigenvalue weighted by molar-refractivity contribution is 5.63. The molecule has 28 heavy (non-hydrogen) atoms. The van der Waals surface area contributed by atoms with Gasteiger partial charge >= 0.3 is 0 Å². The van der Waals surface area contributed by atoms with Gasteiger partial charge in [0.05, 0.1) is 5.69 Å². The number of hydrogen-bond acceptors (Lipinski definition) is 4. The molecular formula is C21H20F2N4O. The Balaban J connectivity index is 1.58. The van der Waals surface area contributed by atoms with Crippen molar-refractivity contribution in [3.63, 3.8) is 0 Å². The summed E-state index contributed by atoms with van der Waals surface area (Å²) in [4.78, 5) is 25.5. The lowest BCUT2D eigenvalue weighted by Gasteiger charge is -2.31. The van der Waals surface area contributed by atoms with Crippen LogP contribution in [0.25, 0.3) is 22.6 Å². The molecule has 1 aromatic carbocycles. The molecule has 4 rings (SSSR count). The number of benzene rings is 1. The molecule has 1 saturated heterocycles. The monoisotopic (exact) mass is 382 g/mol. The zero-order valence-electron chi connectivity index (χ0n) is 15.2. The minimum absolute atomic E-state index is 0.102. The Morgan fingerprint density at radius 2 is 1.79 bits per heavy atom. The van der Waals surface area contributed by atoms with Crippen molar-refractivity contribution in [1.82, 2.24) is 19.9 Å². The quantitative estimate of drug-likeness (QED) is 0.747. The number of halogens is 2. The topological polar surface area (TPSA) is 61.9 Å². The van der Waals surface area contributed by atoms with Crippen molar-refractivity contribution in [2.24, 2.45) is 0 Å². The maximum absolute atomic E-state index is 13.3. The second-order valence-corrected chi connectivity index (χ2v) is 7.05. The first-order valence-electron chi connectivity index (χ1n) is 9.20. The van der Waals surface area contributed by atoms with Crippen molar-refractivity contribution in [3.8, 4) is 22.6 Å². The van der Waals surface area contributed by atoms with Crippen molar-refractivity contribution in [1.29, 1.82) is 0 Å². The number of nitrogens with one attached hydrogen (secondary N) is 1. The number of hydrogen-bond donors (Lipinski definition) is 1. The lowest BCUT2D eigenvalue weighted by atomic mass is 10.0. The second-order valence-electron chi connectivity index (χ2n) is 7.05. The van der Waals surface area contributed by atoms with Crippen LogP contribution in [0.15, 0.2) is 59.7 Å². The van der Waals surface area contributed by atoms with E-state index in [0.717, 1.165) is 16.7 Å². The molecule has 0 radical (unpaired) electrons. The summed E-state index contributed by atoms with van der Waals surface area (Å²) in [5.41, 5.74) is 2.94. The highest BCUT2D eigenvalue weighted by Crippen LogP contribution is 2.28. The van der Waals surface area contributed by atoms with Crippen molar-refractivity contribution < 1.29 is 8.78 Å². The highest BCUT2D eigenvalue weighted by atomic mass is 19.3. The average molecular weight is 382 g/mol. The molecule has 1 fully saturated rings. The van der Waals surface area contributed by atoms with Crippen LogP contribution in [0.3, 0.4) is 0 Å². The predicted molar refractivity (Wildman–Crippen MR) is 103 cm³/mol. The molecule has 0 saturated carbocycles. The van der Waals surface area contributed by atoms with Crippen LogP contribution in [0.5, 0.6) is 0 Å². The Morgan fingerprint density at radius 1 is 1.04 bits per heavy atom. The van der Waals surface area contributed by atoms with Crippen molar-refractivity contribution in [3.05, 3.63) is 70.8 Å². The molecule has 0 aliphatic carbocycles. The first-order valence-corrected chi connectivity index (χ1v) is 9.20. The number of aromatic amines is 1. The fourth-order valence-electron chi connectivity index (χ4n) is 3.38. The van der Waals surface area contributed by atoms with Gasteiger partial charge in [-0.15, -0.1) is 0 Å². The fourth-order valence-corrected chi connectivity index (χ4v) is 3.38. The molecule has 0 amide bonds. The summed E-state index contributed by atoms with van der Waals surface area (Å²) in [7, 11) is 0. The number of aromatic nitrogens is 3. The molecule has 3 heterocycles. The third kappa shape index (κ3) is 4.31. The van der Waals surface area contributed by atoms with Gasteiger partial charge in [-0.3, -0.25) is 14.7 Å². The summed E-state index contributed by atoms with van der Waals surface area (Å²) in [5.74, 6) is -2.07. The molecular weight excluding hydrogens is 362 g/mol. The Hall–Kier alpha value is -2.93. The van der Waals surface area contributed by atoms with Crippen LogP contribution in [-0.4, -0.2) is 38.9 Å². The number of piperidine rings is 1. The minimum Gasteiger partial charge on any atom is -0.306 e. The van der Waals surface area contributed by atoms with Gasteiger partial charge in [0, 0.05) is 62.1 Å². The summed E-state index contributed by atoms with van der Waals surface area (Å²) in [6.07, 6.45) is 3.10. The van der Waals surface area contributed by atoms with Gasteiger partial charge in [-0.25, -0.2) is 13.8 Å². The maximum atomic E-state index is 13.3. The average Bonchev–Trinajstić information content (AvgIpc) is 2.70. The lowest BCUT2D eigenvalue weighted by Crippen LogP contribution is -2.38. The van der Waals surface area contributed by atoms with E-state index in [1.807, 2.05) is 29.2 Å². The van der Waals surface area contributed by atoms with E-state index in [1.165, 1.54) is 6.07 Å². The maximum Gasteiger partial charge on any atom is 0.251 e. The SMILES string of the molecule is O=c1cc(-c2ccncc2)nc(-c2cccc(CN3CCC(F)(F)CC3)c2)[nH]1. The van der Waals surface area contributed by atoms with Crippen LogP contribution in [0.2, 0.25) is 0 Å². The van der Waals surface area contributed by atoms with Crippen LogP contribution >= 0.6 is 0 Å². The Bertz CT molecular complexity index is 1010. The minimum atomic E-state index is -2.55. The number of pyridine rings is 1. The van der Waals surface area contributed by atoms with Crippen molar-refractivity contribution >= 4 is 0 Å². The van der Waals surface area contributed by atoms with Crippen LogP contribution in [0.4, 0.5) is 8.78 Å². The zero-order chi connectivity index (χ0) is 19.6. The van der Waals surface area contributed by atoms with Crippen LogP contribution in [0, 0.1) is 0 Å². The summed E-state index contributed by atoms with van der Waals surface area (Å²) in [6, 6.07) is 12.7. The Morgan fingerprint density at radius 3 is 2.54 bits per heavy atom. The fraction of sp³-hybridized carbons (Fsp3) is 0.286. The van der Waals surface area contributed by atoms with E-state index < -0.39 is 5.92 Å². The first-order chi connectivity index (χ1) is 13.5. The Kier molecular flexibility index (Phi) is 5.00. The van der Waals surface area contributed by atoms with E-state index in [0.29, 0.717) is 31.2 Å². The number of H-pyrrole nitrogens is 1. The molecule has 0 unspecified atom stereocenters. The second kappa shape index (κ2) is 7.59. The summed E-state index contributed by atoms with van der Waals surface area (Å²) >= 11 is 0. The van der Waals surface area contributed by atoms with Crippen molar-refractivity contribution in [2.45, 2.75) is 25.3 Å². The highest BCUT2D eigenvalue weighted by Gasteiger charge is 2.33. The number of likely N-dealkylation sites (tertiary alicyclic amines) is 1. The van der Waals surface area contributed by atoms with E-state index in [4.69, 9.17) is 0 Å². The first kappa shape index (κ1) is 18.4. The van der Waals surface area contributed by atoms with Gasteiger partial charge in [-0.2, -0.15) is 0 Å². The number of alkyl halides is 2. The standard InChI is InChI=1S/C21H20F2N4O/c22-21(23)6-10-27(11-7-21)14-15-2-1-3-17(12-15)20-25-18(13-19(28)26-20)16-4-8-24-9-5-16/h1-5,8-9,12-13H,6-7,10-11,14H2,(H,25,26,28). The molecule has 1 aliphatic heterocycles. The van der Waals surface area contributed by atoms with Crippen LogP contribution < -0.4 is 5.56 Å². The molecule has 0 bridgehead atoms. The van der Waals surface area contributed by atoms with Gasteiger partial charge in [-0.05, 0) is 23.8 Å². The molecule has 5 nitrogen and oxygen atoms in total. The molecule has 7 heteroatoms. The third-order valence-corrected chi connectivity index (χ3v) is 4.91. The van der Waals surface area contributed by atoms with E-state index in [-0.39, 0.29) is 18.4 Å². The smallest absolute Gasteiger partial charge is 0.251 e. The van der Waals surface area contributed by atoms with Gasteiger partial charge in [-0.1, -0.05) is 18.2 Å². The van der Waals surface area contributed by atoms with Crippen molar-refractivity contribution in [2.75, 3.05) is 13.1 Å².